The van der Waals surface area contributed by atoms with E-state index in [9.17, 15) is 4.39 Å². The van der Waals surface area contributed by atoms with Gasteiger partial charge in [-0.2, -0.15) is 0 Å². The smallest absolute Gasteiger partial charge is 0.123 e. The Morgan fingerprint density at radius 1 is 1.28 bits per heavy atom. The number of imidazole rings is 1. The lowest BCUT2D eigenvalue weighted by Gasteiger charge is -2.38. The minimum Gasteiger partial charge on any atom is -0.329 e. The van der Waals surface area contributed by atoms with Crippen LogP contribution in [0.3, 0.4) is 0 Å². The third-order valence-electron chi connectivity index (χ3n) is 3.69. The maximum atomic E-state index is 12.9. The van der Waals surface area contributed by atoms with E-state index in [4.69, 9.17) is 5.73 Å². The first-order chi connectivity index (χ1) is 8.66. The van der Waals surface area contributed by atoms with Crippen LogP contribution in [0.25, 0.3) is 11.3 Å². The highest BCUT2D eigenvalue weighted by Crippen LogP contribution is 2.32. The number of nitrogens with two attached hydrogens (primary N) is 1. The molecule has 0 radical (unpaired) electrons. The summed E-state index contributed by atoms with van der Waals surface area (Å²) in [6.07, 6.45) is 6.93. The molecule has 0 unspecified atom stereocenters. The van der Waals surface area contributed by atoms with Gasteiger partial charge in [0.15, 0.2) is 0 Å². The molecule has 18 heavy (non-hydrogen) atoms. The quantitative estimate of drug-likeness (QED) is 0.903. The van der Waals surface area contributed by atoms with E-state index in [1.54, 1.807) is 24.7 Å². The lowest BCUT2D eigenvalue weighted by atomic mass is 9.77. The van der Waals surface area contributed by atoms with E-state index in [0.29, 0.717) is 0 Å². The molecule has 0 spiro atoms. The molecule has 94 valence electrons. The van der Waals surface area contributed by atoms with Crippen molar-refractivity contribution >= 4 is 0 Å². The van der Waals surface area contributed by atoms with Crippen molar-refractivity contribution in [2.45, 2.75) is 31.3 Å². The van der Waals surface area contributed by atoms with Crippen molar-refractivity contribution in [3.63, 3.8) is 0 Å². The van der Waals surface area contributed by atoms with Crippen LogP contribution in [-0.2, 0) is 6.54 Å². The normalized spacial score (nSPS) is 17.4. The van der Waals surface area contributed by atoms with Gasteiger partial charge in [0.05, 0.1) is 18.2 Å². The lowest BCUT2D eigenvalue weighted by molar-refractivity contribution is 0.216. The Balaban J connectivity index is 1.89. The SMILES string of the molecule is NC1(Cn2cncc2-c2ccc(F)cc2)CCC1. The van der Waals surface area contributed by atoms with Gasteiger partial charge in [-0.05, 0) is 49.1 Å². The summed E-state index contributed by atoms with van der Waals surface area (Å²) in [7, 11) is 0. The average molecular weight is 245 g/mol. The van der Waals surface area contributed by atoms with Crippen LogP contribution in [0.1, 0.15) is 19.3 Å². The molecule has 0 amide bonds. The molecule has 3 nitrogen and oxygen atoms in total. The first-order valence-corrected chi connectivity index (χ1v) is 6.21. The van der Waals surface area contributed by atoms with E-state index in [0.717, 1.165) is 30.6 Å². The molecular formula is C14H16FN3. The van der Waals surface area contributed by atoms with Gasteiger partial charge in [-0.3, -0.25) is 0 Å². The van der Waals surface area contributed by atoms with Crippen LogP contribution in [0.4, 0.5) is 4.39 Å². The van der Waals surface area contributed by atoms with Crippen LogP contribution in [-0.4, -0.2) is 15.1 Å². The Labute approximate surface area is 105 Å². The molecule has 3 rings (SSSR count). The van der Waals surface area contributed by atoms with Crippen molar-refractivity contribution in [1.29, 1.82) is 0 Å². The predicted octanol–water partition coefficient (Wildman–Crippen LogP) is 2.57. The van der Waals surface area contributed by atoms with Gasteiger partial charge in [0.25, 0.3) is 0 Å². The van der Waals surface area contributed by atoms with Crippen molar-refractivity contribution in [2.24, 2.45) is 5.73 Å². The van der Waals surface area contributed by atoms with Crippen molar-refractivity contribution in [3.05, 3.63) is 42.6 Å². The van der Waals surface area contributed by atoms with E-state index >= 15 is 0 Å². The summed E-state index contributed by atoms with van der Waals surface area (Å²) in [5.74, 6) is -0.223. The molecule has 1 aromatic heterocycles. The topological polar surface area (TPSA) is 43.8 Å². The first-order valence-electron chi connectivity index (χ1n) is 6.21. The second-order valence-corrected chi connectivity index (χ2v) is 5.13. The van der Waals surface area contributed by atoms with Gasteiger partial charge >= 0.3 is 0 Å². The van der Waals surface area contributed by atoms with Crippen molar-refractivity contribution in [1.82, 2.24) is 9.55 Å². The highest BCUT2D eigenvalue weighted by Gasteiger charge is 2.33. The Hall–Kier alpha value is -1.68. The number of rotatable bonds is 3. The van der Waals surface area contributed by atoms with Gasteiger partial charge in [0.1, 0.15) is 5.82 Å². The predicted molar refractivity (Wildman–Crippen MR) is 68.4 cm³/mol. The van der Waals surface area contributed by atoms with Crippen molar-refractivity contribution in [2.75, 3.05) is 0 Å². The van der Waals surface area contributed by atoms with E-state index < -0.39 is 0 Å². The van der Waals surface area contributed by atoms with Crippen LogP contribution in [0.5, 0.6) is 0 Å². The molecular weight excluding hydrogens is 229 g/mol. The highest BCUT2D eigenvalue weighted by molar-refractivity contribution is 5.58. The average Bonchev–Trinajstić information content (AvgIpc) is 2.76. The second kappa shape index (κ2) is 4.21. The fourth-order valence-corrected chi connectivity index (χ4v) is 2.44. The Kier molecular flexibility index (Phi) is 2.67. The van der Waals surface area contributed by atoms with E-state index in [2.05, 4.69) is 9.55 Å². The largest absolute Gasteiger partial charge is 0.329 e. The fraction of sp³-hybridized carbons (Fsp3) is 0.357. The monoisotopic (exact) mass is 245 g/mol. The number of hydrogen-bond acceptors (Lipinski definition) is 2. The fourth-order valence-electron chi connectivity index (χ4n) is 2.44. The number of hydrogen-bond donors (Lipinski definition) is 1. The van der Waals surface area contributed by atoms with Crippen LogP contribution < -0.4 is 5.73 Å². The molecule has 4 heteroatoms. The Morgan fingerprint density at radius 2 is 2.00 bits per heavy atom. The Morgan fingerprint density at radius 3 is 2.61 bits per heavy atom. The maximum Gasteiger partial charge on any atom is 0.123 e. The van der Waals surface area contributed by atoms with Crippen molar-refractivity contribution in [3.8, 4) is 11.3 Å². The molecule has 0 atom stereocenters. The molecule has 1 fully saturated rings. The summed E-state index contributed by atoms with van der Waals surface area (Å²) in [5, 5.41) is 0. The zero-order valence-electron chi connectivity index (χ0n) is 10.1. The first kappa shape index (κ1) is 11.4. The third-order valence-corrected chi connectivity index (χ3v) is 3.69. The van der Waals surface area contributed by atoms with E-state index in [1.807, 2.05) is 0 Å². The highest BCUT2D eigenvalue weighted by atomic mass is 19.1. The standard InChI is InChI=1S/C14H16FN3/c15-12-4-2-11(3-5-12)13-8-17-10-18(13)9-14(16)6-1-7-14/h2-5,8,10H,1,6-7,9,16H2. The Bertz CT molecular complexity index is 540. The molecule has 1 heterocycles. The van der Waals surface area contributed by atoms with Gasteiger partial charge in [0.2, 0.25) is 0 Å². The summed E-state index contributed by atoms with van der Waals surface area (Å²) in [5.41, 5.74) is 8.13. The molecule has 2 N–H and O–H groups in total. The number of benzene rings is 1. The van der Waals surface area contributed by atoms with Crippen LogP contribution in [0.2, 0.25) is 0 Å². The van der Waals surface area contributed by atoms with Gasteiger partial charge in [-0.25, -0.2) is 9.37 Å². The lowest BCUT2D eigenvalue weighted by Crippen LogP contribution is -2.49. The zero-order valence-corrected chi connectivity index (χ0v) is 10.1. The molecule has 2 aromatic rings. The van der Waals surface area contributed by atoms with E-state index in [-0.39, 0.29) is 11.4 Å². The molecule has 1 aliphatic rings. The second-order valence-electron chi connectivity index (χ2n) is 5.13. The molecule has 0 aliphatic heterocycles. The molecule has 1 saturated carbocycles. The number of halogens is 1. The molecule has 0 bridgehead atoms. The minimum atomic E-state index is -0.223. The number of nitrogens with zero attached hydrogens (tertiary/aromatic N) is 2. The third kappa shape index (κ3) is 2.04. The summed E-state index contributed by atoms with van der Waals surface area (Å²) < 4.78 is 15.0. The molecule has 0 saturated heterocycles. The van der Waals surface area contributed by atoms with E-state index in [1.165, 1.54) is 18.6 Å². The van der Waals surface area contributed by atoms with Crippen LogP contribution >= 0.6 is 0 Å². The molecule has 1 aliphatic carbocycles. The summed E-state index contributed by atoms with van der Waals surface area (Å²) >= 11 is 0. The van der Waals surface area contributed by atoms with Crippen LogP contribution in [0, 0.1) is 5.82 Å². The minimum absolute atomic E-state index is 0.0878. The van der Waals surface area contributed by atoms with Crippen molar-refractivity contribution < 1.29 is 4.39 Å². The number of aromatic nitrogens is 2. The van der Waals surface area contributed by atoms with Crippen LogP contribution in [0.15, 0.2) is 36.8 Å². The maximum absolute atomic E-state index is 12.9. The summed E-state index contributed by atoms with van der Waals surface area (Å²) in [4.78, 5) is 4.18. The zero-order chi connectivity index (χ0) is 12.6. The van der Waals surface area contributed by atoms with Gasteiger partial charge in [-0.15, -0.1) is 0 Å². The van der Waals surface area contributed by atoms with Gasteiger partial charge in [0, 0.05) is 12.1 Å². The summed E-state index contributed by atoms with van der Waals surface area (Å²) in [6.45, 7) is 0.777. The molecule has 1 aromatic carbocycles. The van der Waals surface area contributed by atoms with Gasteiger partial charge in [-0.1, -0.05) is 0 Å². The van der Waals surface area contributed by atoms with Gasteiger partial charge < -0.3 is 10.3 Å². The summed E-state index contributed by atoms with van der Waals surface area (Å²) in [6, 6.07) is 6.47.